The van der Waals surface area contributed by atoms with Crippen molar-refractivity contribution in [3.63, 3.8) is 0 Å². The van der Waals surface area contributed by atoms with Gasteiger partial charge in [-0.3, -0.25) is 0 Å². The fourth-order valence-electron chi connectivity index (χ4n) is 7.86. The summed E-state index contributed by atoms with van der Waals surface area (Å²) in [5, 5.41) is 3.20. The van der Waals surface area contributed by atoms with Gasteiger partial charge in [0.25, 0.3) is 0 Å². The van der Waals surface area contributed by atoms with Gasteiger partial charge in [0.2, 0.25) is 0 Å². The zero-order valence-corrected chi connectivity index (χ0v) is 37.1. The maximum absolute atomic E-state index is 6.51. The van der Waals surface area contributed by atoms with Crippen LogP contribution in [0.4, 0.5) is 0 Å². The molecule has 11 heteroatoms. The summed E-state index contributed by atoms with van der Waals surface area (Å²) in [4.78, 5) is 0. The van der Waals surface area contributed by atoms with Crippen LogP contribution < -0.4 is 81.2 Å². The first-order chi connectivity index (χ1) is 22.1. The second-order valence-corrected chi connectivity index (χ2v) is 18.5. The molecule has 3 aromatic carbocycles. The number of hydrogen-bond acceptors (Lipinski definition) is 6. The summed E-state index contributed by atoms with van der Waals surface area (Å²) in [6.07, 6.45) is 0. The Morgan fingerprint density at radius 2 is 0.660 bits per heavy atom. The van der Waals surface area contributed by atoms with Crippen LogP contribution in [0.2, 0.25) is 3.34 Å². The molecule has 0 saturated heterocycles. The number of halogens is 3. The third-order valence-corrected chi connectivity index (χ3v) is 19.6. The maximum Gasteiger partial charge on any atom is -1.00 e. The van der Waals surface area contributed by atoms with Gasteiger partial charge >= 0.3 is 296 Å². The van der Waals surface area contributed by atoms with Gasteiger partial charge < -0.3 is 37.2 Å². The molecule has 4 rings (SSSR count). The van der Waals surface area contributed by atoms with Crippen LogP contribution in [0.25, 0.3) is 0 Å². The van der Waals surface area contributed by atoms with Gasteiger partial charge in [-0.05, 0) is 0 Å². The van der Waals surface area contributed by atoms with Crippen LogP contribution >= 0.6 is 0 Å². The van der Waals surface area contributed by atoms with Crippen LogP contribution in [0.1, 0.15) is 61.1 Å². The molecule has 6 nitrogen and oxygen atoms in total. The van der Waals surface area contributed by atoms with E-state index in [1.165, 1.54) is 22.3 Å². The van der Waals surface area contributed by atoms with Crippen molar-refractivity contribution in [3.8, 4) is 34.5 Å². The molecule has 0 aromatic heterocycles. The zero-order chi connectivity index (χ0) is 35.3. The Bertz CT molecular complexity index is 1650. The summed E-state index contributed by atoms with van der Waals surface area (Å²) in [7, 11) is 6.97. The molecular formula is C39H51Cl3O6SiTi. The first kappa shape index (κ1) is 45.8. The minimum Gasteiger partial charge on any atom is -1.00 e. The van der Waals surface area contributed by atoms with Crippen LogP contribution in [-0.2, 0) is 20.4 Å². The second-order valence-electron chi connectivity index (χ2n) is 12.7. The third kappa shape index (κ3) is 6.28. The molecule has 0 atom stereocenters. The molecule has 50 heavy (non-hydrogen) atoms. The van der Waals surface area contributed by atoms with Gasteiger partial charge in [0.15, 0.2) is 0 Å². The van der Waals surface area contributed by atoms with Crippen LogP contribution in [0, 0.1) is 41.5 Å². The van der Waals surface area contributed by atoms with Crippen molar-refractivity contribution in [2.75, 3.05) is 42.7 Å². The van der Waals surface area contributed by atoms with Crippen molar-refractivity contribution in [1.29, 1.82) is 0 Å². The molecule has 1 aliphatic carbocycles. The largest absolute Gasteiger partial charge is 1.00 e. The van der Waals surface area contributed by atoms with E-state index in [2.05, 4.69) is 108 Å². The molecule has 0 heterocycles. The summed E-state index contributed by atoms with van der Waals surface area (Å²) < 4.78 is 37.4. The van der Waals surface area contributed by atoms with Gasteiger partial charge in [-0.1, -0.05) is 0 Å². The smallest absolute Gasteiger partial charge is 1.00 e. The SMILES string of the molecule is COc1cc([Si](c2cc(OC)c(C)c(C)c2OC)(c2cc(OC)c(C)c(C)c2OC)[C]2([Ti+3])C(C)=C(C)C(C)=C2C)c(OC)c(C)c1C.[Cl-].[Cl-].[Cl-]. The van der Waals surface area contributed by atoms with Crippen molar-refractivity contribution >= 4 is 23.6 Å². The van der Waals surface area contributed by atoms with Crippen molar-refractivity contribution in [2.24, 2.45) is 0 Å². The summed E-state index contributed by atoms with van der Waals surface area (Å²) in [6, 6.07) is 6.64. The van der Waals surface area contributed by atoms with Crippen LogP contribution in [-0.4, -0.2) is 50.7 Å². The van der Waals surface area contributed by atoms with Gasteiger partial charge in [0.1, 0.15) is 0 Å². The Labute approximate surface area is 331 Å². The Balaban J connectivity index is 0.00000417. The first-order valence-electron chi connectivity index (χ1n) is 15.9. The van der Waals surface area contributed by atoms with Gasteiger partial charge in [-0.15, -0.1) is 0 Å². The molecule has 272 valence electrons. The van der Waals surface area contributed by atoms with Gasteiger partial charge in [0, 0.05) is 0 Å². The van der Waals surface area contributed by atoms with E-state index in [-0.39, 0.29) is 37.2 Å². The second kappa shape index (κ2) is 17.0. The monoisotopic (exact) mass is 796 g/mol. The Kier molecular flexibility index (Phi) is 15.6. The average molecular weight is 798 g/mol. The van der Waals surface area contributed by atoms with Crippen molar-refractivity contribution in [1.82, 2.24) is 0 Å². The normalized spacial score (nSPS) is 13.6. The molecule has 0 spiro atoms. The minimum atomic E-state index is -3.56. The third-order valence-electron chi connectivity index (χ3n) is 11.2. The molecule has 0 bridgehead atoms. The number of hydrogen-bond donors (Lipinski definition) is 0. The van der Waals surface area contributed by atoms with E-state index in [0.717, 1.165) is 83.4 Å². The number of ether oxygens (including phenoxy) is 6. The standard InChI is InChI=1S/C39H51O6Si.3ClH.Ti/c1-20-21(2)29(10)39(28(20)9)46(33-17-30(40-11)22(3)25(6)36(33)43-14,34-18-31(41-12)23(4)26(7)37(34)44-15)35-19-32(42-13)24(5)27(8)38(35)45-16;;;;/h17-19H,1-16H3;3*1H;/q;;;;+3/p-3. The molecule has 0 N–H and O–H groups in total. The molecule has 0 fully saturated rings. The number of rotatable bonds is 10. The minimum absolute atomic E-state index is 0. The topological polar surface area (TPSA) is 55.4 Å². The Morgan fingerprint density at radius 3 is 0.860 bits per heavy atom. The summed E-state index contributed by atoms with van der Waals surface area (Å²) in [5.41, 5.74) is 11.4. The number of methoxy groups -OCH3 is 6. The van der Waals surface area contributed by atoms with E-state index in [0.29, 0.717) is 0 Å². The fourth-order valence-corrected chi connectivity index (χ4v) is 16.9. The molecule has 0 unspecified atom stereocenters. The van der Waals surface area contributed by atoms with E-state index in [9.17, 15) is 0 Å². The fraction of sp³-hybridized carbons (Fsp3) is 0.436. The van der Waals surface area contributed by atoms with E-state index < -0.39 is 11.4 Å². The molecular weight excluding hydrogens is 747 g/mol. The Morgan fingerprint density at radius 1 is 0.420 bits per heavy atom. The van der Waals surface area contributed by atoms with Gasteiger partial charge in [-0.2, -0.15) is 0 Å². The molecule has 0 radical (unpaired) electrons. The molecule has 3 aromatic rings. The van der Waals surface area contributed by atoms with Crippen molar-refractivity contribution < 1.29 is 86.1 Å². The van der Waals surface area contributed by atoms with Crippen molar-refractivity contribution in [2.45, 2.75) is 72.6 Å². The van der Waals surface area contributed by atoms with E-state index in [1.54, 1.807) is 42.7 Å². The maximum atomic E-state index is 6.51. The number of benzene rings is 3. The van der Waals surface area contributed by atoms with Crippen LogP contribution in [0.3, 0.4) is 0 Å². The average Bonchev–Trinajstić information content (AvgIpc) is 3.21. The first-order valence-corrected chi connectivity index (χ1v) is 18.7. The molecule has 0 saturated carbocycles. The van der Waals surface area contributed by atoms with Crippen LogP contribution in [0.5, 0.6) is 34.5 Å². The Hall–Kier alpha value is -2.26. The van der Waals surface area contributed by atoms with E-state index in [1.807, 2.05) is 0 Å². The zero-order valence-electron chi connectivity index (χ0n) is 32.3. The van der Waals surface area contributed by atoms with Gasteiger partial charge in [-0.25, -0.2) is 0 Å². The molecule has 0 aliphatic heterocycles. The number of allylic oxidation sites excluding steroid dienone is 4. The summed E-state index contributed by atoms with van der Waals surface area (Å²) in [6.45, 7) is 21.7. The van der Waals surface area contributed by atoms with Gasteiger partial charge in [0.05, 0.1) is 0 Å². The van der Waals surface area contributed by atoms with Crippen molar-refractivity contribution in [3.05, 3.63) is 73.9 Å². The molecule has 1 aliphatic rings. The predicted molar refractivity (Wildman–Crippen MR) is 191 cm³/mol. The van der Waals surface area contributed by atoms with Crippen LogP contribution in [0.15, 0.2) is 40.5 Å². The van der Waals surface area contributed by atoms with E-state index in [4.69, 9.17) is 28.4 Å². The predicted octanol–water partition coefficient (Wildman–Crippen LogP) is -2.00. The molecule has 0 amide bonds. The quantitative estimate of drug-likeness (QED) is 0.175. The summed E-state index contributed by atoms with van der Waals surface area (Å²) >= 11 is 2.41. The summed E-state index contributed by atoms with van der Waals surface area (Å²) in [5.74, 6) is 4.90. The van der Waals surface area contributed by atoms with E-state index >= 15 is 0 Å².